The minimum atomic E-state index is 0.0923. The van der Waals surface area contributed by atoms with Crippen molar-refractivity contribution in [2.24, 2.45) is 0 Å². The molecule has 0 bridgehead atoms. The summed E-state index contributed by atoms with van der Waals surface area (Å²) in [7, 11) is 6.21. The van der Waals surface area contributed by atoms with E-state index in [0.717, 1.165) is 35.2 Å². The van der Waals surface area contributed by atoms with Crippen LogP contribution in [0.5, 0.6) is 0 Å². The number of hydrogen-bond donors (Lipinski definition) is 1. The molecule has 0 unspecified atom stereocenters. The Morgan fingerprint density at radius 1 is 1.25 bits per heavy atom. The predicted molar refractivity (Wildman–Crippen MR) is 69.2 cm³/mol. The minimum absolute atomic E-state index is 0.0923. The molecule has 0 aromatic carbocycles. The molecule has 0 spiro atoms. The van der Waals surface area contributed by atoms with Crippen LogP contribution in [-0.4, -0.2) is 49.2 Å². The molecule has 0 radical (unpaired) electrons. The molecule has 16 heavy (non-hydrogen) atoms. The van der Waals surface area contributed by atoms with Gasteiger partial charge in [0.05, 0.1) is 17.2 Å². The van der Waals surface area contributed by atoms with Crippen LogP contribution in [0.3, 0.4) is 0 Å². The summed E-state index contributed by atoms with van der Waals surface area (Å²) >= 11 is 1.58. The number of hydrogen-bond acceptors (Lipinski definition) is 5. The lowest BCUT2D eigenvalue weighted by Gasteiger charge is -2.17. The van der Waals surface area contributed by atoms with Crippen LogP contribution < -0.4 is 4.90 Å². The molecule has 0 saturated heterocycles. The van der Waals surface area contributed by atoms with Gasteiger partial charge in [0.2, 0.25) is 0 Å². The summed E-state index contributed by atoms with van der Waals surface area (Å²) in [6.07, 6.45) is 1.12. The molecule has 0 atom stereocenters. The standard InChI is InChI=1S/C11H21N3OS/c1-9-10(8-15)16-11(12-9)14(4)7-5-6-13(2)3/h15H,5-8H2,1-4H3. The summed E-state index contributed by atoms with van der Waals surface area (Å²) in [6, 6.07) is 0. The van der Waals surface area contributed by atoms with Gasteiger partial charge in [0, 0.05) is 13.6 Å². The van der Waals surface area contributed by atoms with E-state index in [1.807, 2.05) is 6.92 Å². The van der Waals surface area contributed by atoms with Crippen molar-refractivity contribution in [1.29, 1.82) is 0 Å². The van der Waals surface area contributed by atoms with Crippen LogP contribution in [0.1, 0.15) is 17.0 Å². The van der Waals surface area contributed by atoms with Gasteiger partial charge < -0.3 is 14.9 Å². The van der Waals surface area contributed by atoms with Crippen molar-refractivity contribution in [3.8, 4) is 0 Å². The second kappa shape index (κ2) is 6.18. The summed E-state index contributed by atoms with van der Waals surface area (Å²) in [5.74, 6) is 0. The van der Waals surface area contributed by atoms with Crippen molar-refractivity contribution in [2.75, 3.05) is 39.1 Å². The molecule has 0 fully saturated rings. The monoisotopic (exact) mass is 243 g/mol. The van der Waals surface area contributed by atoms with Crippen molar-refractivity contribution in [2.45, 2.75) is 20.0 Å². The second-order valence-electron chi connectivity index (χ2n) is 4.24. The maximum Gasteiger partial charge on any atom is 0.185 e. The first-order chi connectivity index (χ1) is 7.54. The molecule has 1 N–H and O–H groups in total. The lowest BCUT2D eigenvalue weighted by atomic mass is 10.4. The highest BCUT2D eigenvalue weighted by Gasteiger charge is 2.10. The van der Waals surface area contributed by atoms with Crippen LogP contribution in [0.4, 0.5) is 5.13 Å². The average molecular weight is 243 g/mol. The molecule has 0 amide bonds. The van der Waals surface area contributed by atoms with Gasteiger partial charge in [-0.2, -0.15) is 0 Å². The zero-order valence-corrected chi connectivity index (χ0v) is 11.3. The molecule has 0 aliphatic carbocycles. The van der Waals surface area contributed by atoms with E-state index < -0.39 is 0 Å². The highest BCUT2D eigenvalue weighted by atomic mass is 32.1. The molecule has 92 valence electrons. The summed E-state index contributed by atoms with van der Waals surface area (Å²) in [5.41, 5.74) is 0.946. The summed E-state index contributed by atoms with van der Waals surface area (Å²) in [6.45, 7) is 4.12. The molecule has 0 saturated carbocycles. The fraction of sp³-hybridized carbons (Fsp3) is 0.727. The molecule has 1 heterocycles. The Balaban J connectivity index is 2.49. The van der Waals surface area contributed by atoms with E-state index in [0.29, 0.717) is 0 Å². The summed E-state index contributed by atoms with van der Waals surface area (Å²) in [4.78, 5) is 9.75. The number of aromatic nitrogens is 1. The lowest BCUT2D eigenvalue weighted by Crippen LogP contribution is -2.23. The number of rotatable bonds is 6. The van der Waals surface area contributed by atoms with E-state index >= 15 is 0 Å². The largest absolute Gasteiger partial charge is 0.391 e. The van der Waals surface area contributed by atoms with Crippen molar-refractivity contribution < 1.29 is 5.11 Å². The molecule has 0 aliphatic heterocycles. The highest BCUT2D eigenvalue weighted by molar-refractivity contribution is 7.15. The quantitative estimate of drug-likeness (QED) is 0.818. The summed E-state index contributed by atoms with van der Waals surface area (Å²) < 4.78 is 0. The predicted octanol–water partition coefficient (Wildman–Crippen LogP) is 1.33. The Labute approximate surface area is 102 Å². The minimum Gasteiger partial charge on any atom is -0.391 e. The Hall–Kier alpha value is -0.650. The van der Waals surface area contributed by atoms with Crippen LogP contribution in [-0.2, 0) is 6.61 Å². The Kier molecular flexibility index (Phi) is 5.18. The maximum absolute atomic E-state index is 9.11. The van der Waals surface area contributed by atoms with Gasteiger partial charge in [-0.15, -0.1) is 0 Å². The molecular formula is C11H21N3OS. The van der Waals surface area contributed by atoms with Gasteiger partial charge in [0.25, 0.3) is 0 Å². The van der Waals surface area contributed by atoms with Gasteiger partial charge in [0.15, 0.2) is 5.13 Å². The number of aryl methyl sites for hydroxylation is 1. The Morgan fingerprint density at radius 2 is 1.94 bits per heavy atom. The van der Waals surface area contributed by atoms with Gasteiger partial charge in [0.1, 0.15) is 0 Å². The molecular weight excluding hydrogens is 222 g/mol. The van der Waals surface area contributed by atoms with E-state index in [-0.39, 0.29) is 6.61 Å². The summed E-state index contributed by atoms with van der Waals surface area (Å²) in [5, 5.41) is 10.1. The van der Waals surface area contributed by atoms with Gasteiger partial charge in [-0.25, -0.2) is 4.98 Å². The topological polar surface area (TPSA) is 39.6 Å². The number of aliphatic hydroxyl groups excluding tert-OH is 1. The van der Waals surface area contributed by atoms with Crippen LogP contribution in [0, 0.1) is 6.92 Å². The van der Waals surface area contributed by atoms with Crippen LogP contribution >= 0.6 is 11.3 Å². The third kappa shape index (κ3) is 3.73. The Morgan fingerprint density at radius 3 is 2.44 bits per heavy atom. The third-order valence-corrected chi connectivity index (χ3v) is 3.71. The smallest absolute Gasteiger partial charge is 0.185 e. The molecule has 1 aromatic rings. The van der Waals surface area contributed by atoms with Gasteiger partial charge in [-0.1, -0.05) is 11.3 Å². The zero-order chi connectivity index (χ0) is 12.1. The first kappa shape index (κ1) is 13.4. The van der Waals surface area contributed by atoms with Crippen LogP contribution in [0.15, 0.2) is 0 Å². The highest BCUT2D eigenvalue weighted by Crippen LogP contribution is 2.25. The number of aliphatic hydroxyl groups is 1. The number of thiazole rings is 1. The van der Waals surface area contributed by atoms with Crippen LogP contribution in [0.2, 0.25) is 0 Å². The zero-order valence-electron chi connectivity index (χ0n) is 10.5. The first-order valence-electron chi connectivity index (χ1n) is 5.47. The average Bonchev–Trinajstić information content (AvgIpc) is 2.59. The number of anilines is 1. The fourth-order valence-corrected chi connectivity index (χ4v) is 2.35. The molecule has 4 nitrogen and oxygen atoms in total. The first-order valence-corrected chi connectivity index (χ1v) is 6.29. The van der Waals surface area contributed by atoms with E-state index in [1.165, 1.54) is 0 Å². The van der Waals surface area contributed by atoms with Gasteiger partial charge in [-0.05, 0) is 34.0 Å². The normalized spacial score (nSPS) is 11.1. The lowest BCUT2D eigenvalue weighted by molar-refractivity contribution is 0.284. The molecule has 1 rings (SSSR count). The van der Waals surface area contributed by atoms with Gasteiger partial charge >= 0.3 is 0 Å². The van der Waals surface area contributed by atoms with E-state index in [9.17, 15) is 0 Å². The molecule has 0 aliphatic rings. The second-order valence-corrected chi connectivity index (χ2v) is 5.30. The van der Waals surface area contributed by atoms with Crippen molar-refractivity contribution in [3.63, 3.8) is 0 Å². The Bertz CT molecular complexity index is 325. The number of nitrogens with zero attached hydrogens (tertiary/aromatic N) is 3. The van der Waals surface area contributed by atoms with Crippen molar-refractivity contribution >= 4 is 16.5 Å². The van der Waals surface area contributed by atoms with Crippen LogP contribution in [0.25, 0.3) is 0 Å². The molecule has 1 aromatic heterocycles. The van der Waals surface area contributed by atoms with E-state index in [4.69, 9.17) is 5.11 Å². The fourth-order valence-electron chi connectivity index (χ4n) is 1.44. The molecule has 5 heteroatoms. The van der Waals surface area contributed by atoms with Crippen molar-refractivity contribution in [1.82, 2.24) is 9.88 Å². The third-order valence-electron chi connectivity index (χ3n) is 2.45. The maximum atomic E-state index is 9.11. The van der Waals surface area contributed by atoms with E-state index in [2.05, 4.69) is 35.9 Å². The van der Waals surface area contributed by atoms with Gasteiger partial charge in [-0.3, -0.25) is 0 Å². The SMILES string of the molecule is Cc1nc(N(C)CCCN(C)C)sc1CO. The van der Waals surface area contributed by atoms with E-state index in [1.54, 1.807) is 11.3 Å². The van der Waals surface area contributed by atoms with Crippen molar-refractivity contribution in [3.05, 3.63) is 10.6 Å².